The van der Waals surface area contributed by atoms with E-state index in [1.54, 1.807) is 58.0 Å². The lowest BCUT2D eigenvalue weighted by Crippen LogP contribution is -2.33. The number of hydrogen-bond acceptors (Lipinski definition) is 7. The van der Waals surface area contributed by atoms with E-state index in [1.165, 1.54) is 0 Å². The first-order chi connectivity index (χ1) is 13.2. The Bertz CT molecular complexity index is 679. The molecule has 0 aromatic heterocycles. The van der Waals surface area contributed by atoms with Crippen molar-refractivity contribution < 1.29 is 33.4 Å². The van der Waals surface area contributed by atoms with Crippen LogP contribution in [0.3, 0.4) is 0 Å². The maximum atomic E-state index is 12.3. The molecular formula is C21H28O7. The number of hydrogen-bond donors (Lipinski definition) is 0. The molecule has 0 saturated carbocycles. The third-order valence-electron chi connectivity index (χ3n) is 3.82. The number of esters is 3. The Kier molecular flexibility index (Phi) is 9.35. The van der Waals surface area contributed by atoms with Crippen molar-refractivity contribution in [2.75, 3.05) is 13.2 Å². The van der Waals surface area contributed by atoms with Gasteiger partial charge in [-0.1, -0.05) is 30.3 Å². The lowest BCUT2D eigenvalue weighted by molar-refractivity contribution is -0.164. The van der Waals surface area contributed by atoms with E-state index in [-0.39, 0.29) is 38.3 Å². The summed E-state index contributed by atoms with van der Waals surface area (Å²) in [7, 11) is 0. The first-order valence-electron chi connectivity index (χ1n) is 9.30. The zero-order valence-electron chi connectivity index (χ0n) is 16.9. The zero-order valence-corrected chi connectivity index (χ0v) is 16.9. The molecule has 0 aliphatic heterocycles. The summed E-state index contributed by atoms with van der Waals surface area (Å²) < 4.78 is 15.2. The first-order valence-corrected chi connectivity index (χ1v) is 9.30. The van der Waals surface area contributed by atoms with Crippen molar-refractivity contribution in [1.82, 2.24) is 0 Å². The molecule has 1 atom stereocenters. The standard InChI is InChI=1S/C21H28O7/c1-5-26-18(23)12-16(20(25)27-6-2)13-19(24)28-21(3,4)14-17(22)15-10-8-7-9-11-15/h7-11,16H,5-6,12-14H2,1-4H3. The number of ketones is 1. The van der Waals surface area contributed by atoms with Crippen LogP contribution in [0.15, 0.2) is 30.3 Å². The van der Waals surface area contributed by atoms with Crippen LogP contribution in [-0.2, 0) is 28.6 Å². The van der Waals surface area contributed by atoms with E-state index < -0.39 is 29.4 Å². The molecule has 0 radical (unpaired) electrons. The number of Topliss-reactive ketones (excluding diaryl/α,β-unsaturated/α-hetero) is 1. The summed E-state index contributed by atoms with van der Waals surface area (Å²) in [5.41, 5.74) is -0.536. The molecule has 28 heavy (non-hydrogen) atoms. The largest absolute Gasteiger partial charge is 0.466 e. The van der Waals surface area contributed by atoms with Gasteiger partial charge >= 0.3 is 17.9 Å². The zero-order chi connectivity index (χ0) is 21.2. The molecular weight excluding hydrogens is 364 g/mol. The topological polar surface area (TPSA) is 96.0 Å². The van der Waals surface area contributed by atoms with Gasteiger partial charge in [-0.3, -0.25) is 19.2 Å². The average molecular weight is 392 g/mol. The van der Waals surface area contributed by atoms with Gasteiger partial charge in [-0.15, -0.1) is 0 Å². The Balaban J connectivity index is 2.71. The summed E-state index contributed by atoms with van der Waals surface area (Å²) in [6, 6.07) is 8.70. The van der Waals surface area contributed by atoms with Gasteiger partial charge in [0.2, 0.25) is 0 Å². The van der Waals surface area contributed by atoms with E-state index in [9.17, 15) is 19.2 Å². The second-order valence-corrected chi connectivity index (χ2v) is 6.86. The normalized spacial score (nSPS) is 12.0. The summed E-state index contributed by atoms with van der Waals surface area (Å²) in [6.45, 7) is 6.83. The molecule has 1 rings (SSSR count). The van der Waals surface area contributed by atoms with Crippen LogP contribution in [0.1, 0.15) is 57.3 Å². The Morgan fingerprint density at radius 1 is 0.893 bits per heavy atom. The quantitative estimate of drug-likeness (QED) is 0.324. The molecule has 0 bridgehead atoms. The highest BCUT2D eigenvalue weighted by Crippen LogP contribution is 2.21. The fourth-order valence-electron chi connectivity index (χ4n) is 2.62. The number of carbonyl (C=O) groups is 4. The van der Waals surface area contributed by atoms with Crippen LogP contribution < -0.4 is 0 Å². The molecule has 7 heteroatoms. The SMILES string of the molecule is CCOC(=O)CC(CC(=O)OC(C)(C)CC(=O)c1ccccc1)C(=O)OCC. The molecule has 1 aromatic rings. The van der Waals surface area contributed by atoms with Crippen LogP contribution in [0.5, 0.6) is 0 Å². The summed E-state index contributed by atoms with van der Waals surface area (Å²) in [6.07, 6.45) is -0.615. The minimum Gasteiger partial charge on any atom is -0.466 e. The van der Waals surface area contributed by atoms with Gasteiger partial charge in [0.25, 0.3) is 0 Å². The van der Waals surface area contributed by atoms with Crippen molar-refractivity contribution in [3.63, 3.8) is 0 Å². The van der Waals surface area contributed by atoms with E-state index in [0.29, 0.717) is 5.56 Å². The van der Waals surface area contributed by atoms with Gasteiger partial charge in [0.15, 0.2) is 5.78 Å². The molecule has 0 aliphatic rings. The molecule has 0 spiro atoms. The summed E-state index contributed by atoms with van der Waals surface area (Å²) >= 11 is 0. The van der Waals surface area contributed by atoms with Crippen molar-refractivity contribution in [3.05, 3.63) is 35.9 Å². The third kappa shape index (κ3) is 8.33. The van der Waals surface area contributed by atoms with Gasteiger partial charge in [0.1, 0.15) is 5.60 Å². The fourth-order valence-corrected chi connectivity index (χ4v) is 2.62. The van der Waals surface area contributed by atoms with Crippen LogP contribution in [0.2, 0.25) is 0 Å². The molecule has 0 fully saturated rings. The average Bonchev–Trinajstić information content (AvgIpc) is 2.61. The van der Waals surface area contributed by atoms with Crippen molar-refractivity contribution in [2.24, 2.45) is 5.92 Å². The van der Waals surface area contributed by atoms with Crippen molar-refractivity contribution in [2.45, 2.75) is 52.6 Å². The molecule has 0 amide bonds. The predicted molar refractivity (Wildman–Crippen MR) is 102 cm³/mol. The molecule has 1 unspecified atom stereocenters. The Hall–Kier alpha value is -2.70. The second kappa shape index (κ2) is 11.2. The van der Waals surface area contributed by atoms with E-state index in [2.05, 4.69) is 0 Å². The van der Waals surface area contributed by atoms with Crippen molar-refractivity contribution in [1.29, 1.82) is 0 Å². The minimum atomic E-state index is -1.06. The Morgan fingerprint density at radius 3 is 2.04 bits per heavy atom. The van der Waals surface area contributed by atoms with Crippen LogP contribution in [0.25, 0.3) is 0 Å². The number of rotatable bonds is 11. The van der Waals surface area contributed by atoms with Gasteiger partial charge in [0, 0.05) is 5.56 Å². The number of ether oxygens (including phenoxy) is 3. The maximum absolute atomic E-state index is 12.3. The highest BCUT2D eigenvalue weighted by atomic mass is 16.6. The molecule has 1 aromatic carbocycles. The molecule has 7 nitrogen and oxygen atoms in total. The maximum Gasteiger partial charge on any atom is 0.310 e. The fraction of sp³-hybridized carbons (Fsp3) is 0.524. The highest BCUT2D eigenvalue weighted by Gasteiger charge is 2.32. The van der Waals surface area contributed by atoms with E-state index in [0.717, 1.165) is 0 Å². The van der Waals surface area contributed by atoms with Crippen LogP contribution >= 0.6 is 0 Å². The summed E-state index contributed by atoms with van der Waals surface area (Å²) in [4.78, 5) is 48.4. The molecule has 154 valence electrons. The lowest BCUT2D eigenvalue weighted by Gasteiger charge is -2.25. The summed E-state index contributed by atoms with van der Waals surface area (Å²) in [5.74, 6) is -3.09. The minimum absolute atomic E-state index is 0.00922. The van der Waals surface area contributed by atoms with Gasteiger partial charge in [-0.25, -0.2) is 0 Å². The number of benzene rings is 1. The molecule has 0 saturated heterocycles. The highest BCUT2D eigenvalue weighted by molar-refractivity contribution is 5.96. The second-order valence-electron chi connectivity index (χ2n) is 6.86. The Morgan fingerprint density at radius 2 is 1.46 bits per heavy atom. The van der Waals surface area contributed by atoms with Gasteiger partial charge < -0.3 is 14.2 Å². The molecule has 0 N–H and O–H groups in total. The Labute approximate surface area is 165 Å². The van der Waals surface area contributed by atoms with Crippen LogP contribution in [0, 0.1) is 5.92 Å². The van der Waals surface area contributed by atoms with Gasteiger partial charge in [-0.2, -0.15) is 0 Å². The predicted octanol–water partition coefficient (Wildman–Crippen LogP) is 3.10. The monoisotopic (exact) mass is 392 g/mol. The number of carbonyl (C=O) groups excluding carboxylic acids is 4. The van der Waals surface area contributed by atoms with Crippen LogP contribution in [-0.4, -0.2) is 42.5 Å². The lowest BCUT2D eigenvalue weighted by atomic mass is 9.96. The molecule has 0 heterocycles. The third-order valence-corrected chi connectivity index (χ3v) is 3.82. The van der Waals surface area contributed by atoms with Crippen LogP contribution in [0.4, 0.5) is 0 Å². The first kappa shape index (κ1) is 23.3. The van der Waals surface area contributed by atoms with Gasteiger partial charge in [-0.05, 0) is 27.7 Å². The smallest absolute Gasteiger partial charge is 0.310 e. The van der Waals surface area contributed by atoms with E-state index in [1.807, 2.05) is 0 Å². The van der Waals surface area contributed by atoms with E-state index in [4.69, 9.17) is 14.2 Å². The van der Waals surface area contributed by atoms with Crippen molar-refractivity contribution in [3.8, 4) is 0 Å². The molecule has 0 aliphatic carbocycles. The van der Waals surface area contributed by atoms with E-state index >= 15 is 0 Å². The van der Waals surface area contributed by atoms with Crippen molar-refractivity contribution >= 4 is 23.7 Å². The van der Waals surface area contributed by atoms with Gasteiger partial charge in [0.05, 0.1) is 38.4 Å². The summed E-state index contributed by atoms with van der Waals surface area (Å²) in [5, 5.41) is 0.